The molecule has 0 radical (unpaired) electrons. The van der Waals surface area contributed by atoms with Crippen molar-refractivity contribution in [2.45, 2.75) is 0 Å². The van der Waals surface area contributed by atoms with Crippen LogP contribution in [0.15, 0.2) is 27.7 Å². The summed E-state index contributed by atoms with van der Waals surface area (Å²) in [5, 5.41) is 2.57. The van der Waals surface area contributed by atoms with E-state index in [0.717, 1.165) is 10.0 Å². The van der Waals surface area contributed by atoms with Crippen LogP contribution < -0.4 is 5.32 Å². The number of nitrogens with one attached hydrogen (secondary N) is 1. The lowest BCUT2D eigenvalue weighted by atomic mass is 10.2. The van der Waals surface area contributed by atoms with E-state index in [9.17, 15) is 4.79 Å². The number of hydrogen-bond acceptors (Lipinski definition) is 2. The number of rotatable bonds is 2. The highest BCUT2D eigenvalue weighted by Crippen LogP contribution is 2.23. The zero-order chi connectivity index (χ0) is 11.3. The molecule has 0 aliphatic heterocycles. The SMILES string of the molecule is COC(=O)Nc1ccc(C=CBr)c(Br)c1. The first-order valence-electron chi connectivity index (χ1n) is 4.08. The summed E-state index contributed by atoms with van der Waals surface area (Å²) < 4.78 is 5.38. The molecule has 1 aromatic rings. The molecule has 0 saturated carbocycles. The number of benzene rings is 1. The molecule has 0 bridgehead atoms. The molecule has 1 aromatic carbocycles. The van der Waals surface area contributed by atoms with Gasteiger partial charge in [-0.25, -0.2) is 4.79 Å². The summed E-state index contributed by atoms with van der Waals surface area (Å²) in [5.41, 5.74) is 1.70. The molecule has 1 amide bonds. The lowest BCUT2D eigenvalue weighted by Gasteiger charge is -2.05. The summed E-state index contributed by atoms with van der Waals surface area (Å²) in [6, 6.07) is 5.48. The number of methoxy groups -OCH3 is 1. The minimum atomic E-state index is -0.481. The Morgan fingerprint density at radius 3 is 2.80 bits per heavy atom. The highest BCUT2D eigenvalue weighted by molar-refractivity contribution is 9.11. The zero-order valence-electron chi connectivity index (χ0n) is 7.96. The van der Waals surface area contributed by atoms with Gasteiger partial charge in [-0.2, -0.15) is 0 Å². The van der Waals surface area contributed by atoms with E-state index in [4.69, 9.17) is 0 Å². The lowest BCUT2D eigenvalue weighted by molar-refractivity contribution is 0.187. The van der Waals surface area contributed by atoms with Crippen molar-refractivity contribution in [2.24, 2.45) is 0 Å². The molecule has 1 N–H and O–H groups in total. The van der Waals surface area contributed by atoms with Crippen molar-refractivity contribution >= 4 is 49.7 Å². The van der Waals surface area contributed by atoms with E-state index in [-0.39, 0.29) is 0 Å². The normalized spacial score (nSPS) is 10.3. The second kappa shape index (κ2) is 5.92. The van der Waals surface area contributed by atoms with Crippen LogP contribution >= 0.6 is 31.9 Å². The number of hydrogen-bond donors (Lipinski definition) is 1. The lowest BCUT2D eigenvalue weighted by Crippen LogP contribution is -2.10. The van der Waals surface area contributed by atoms with E-state index in [1.807, 2.05) is 12.1 Å². The molecule has 0 spiro atoms. The Morgan fingerprint density at radius 2 is 2.27 bits per heavy atom. The summed E-state index contributed by atoms with van der Waals surface area (Å²) in [5.74, 6) is 0. The highest BCUT2D eigenvalue weighted by Gasteiger charge is 2.02. The molecular formula is C10H9Br2NO2. The van der Waals surface area contributed by atoms with Gasteiger partial charge in [0.1, 0.15) is 0 Å². The average Bonchev–Trinajstić information content (AvgIpc) is 2.22. The Kier molecular flexibility index (Phi) is 4.84. The molecule has 0 saturated heterocycles. The fraction of sp³-hybridized carbons (Fsp3) is 0.100. The van der Waals surface area contributed by atoms with Gasteiger partial charge in [-0.3, -0.25) is 5.32 Å². The molecule has 0 fully saturated rings. The van der Waals surface area contributed by atoms with Gasteiger partial charge >= 0.3 is 6.09 Å². The second-order valence-corrected chi connectivity index (χ2v) is 4.03. The maximum Gasteiger partial charge on any atom is 0.411 e. The van der Waals surface area contributed by atoms with Crippen LogP contribution in [0.1, 0.15) is 5.56 Å². The number of anilines is 1. The van der Waals surface area contributed by atoms with Gasteiger partial charge < -0.3 is 4.74 Å². The summed E-state index contributed by atoms with van der Waals surface area (Å²) in [6.07, 6.45) is 1.41. The Morgan fingerprint density at radius 1 is 1.53 bits per heavy atom. The van der Waals surface area contributed by atoms with Crippen molar-refractivity contribution in [3.63, 3.8) is 0 Å². The van der Waals surface area contributed by atoms with Crippen LogP contribution in [-0.2, 0) is 4.74 Å². The van der Waals surface area contributed by atoms with Gasteiger partial charge in [0.15, 0.2) is 0 Å². The maximum absolute atomic E-state index is 10.9. The van der Waals surface area contributed by atoms with Crippen molar-refractivity contribution in [2.75, 3.05) is 12.4 Å². The molecule has 3 nitrogen and oxygen atoms in total. The highest BCUT2D eigenvalue weighted by atomic mass is 79.9. The van der Waals surface area contributed by atoms with Crippen molar-refractivity contribution < 1.29 is 9.53 Å². The molecule has 0 atom stereocenters. The number of carbonyl (C=O) groups excluding carboxylic acids is 1. The molecular weight excluding hydrogens is 326 g/mol. The van der Waals surface area contributed by atoms with Gasteiger partial charge in [-0.05, 0) is 28.8 Å². The standard InChI is InChI=1S/C10H9Br2NO2/c1-15-10(14)13-8-3-2-7(4-5-11)9(12)6-8/h2-6H,1H3,(H,13,14). The van der Waals surface area contributed by atoms with Crippen molar-refractivity contribution in [1.29, 1.82) is 0 Å². The summed E-state index contributed by atoms with van der Waals surface area (Å²) in [4.78, 5) is 12.7. The molecule has 1 rings (SSSR count). The van der Waals surface area contributed by atoms with Crippen LogP contribution in [0, 0.1) is 0 Å². The quantitative estimate of drug-likeness (QED) is 0.888. The molecule has 80 valence electrons. The molecule has 15 heavy (non-hydrogen) atoms. The van der Waals surface area contributed by atoms with Crippen LogP contribution in [0.3, 0.4) is 0 Å². The van der Waals surface area contributed by atoms with E-state index >= 15 is 0 Å². The smallest absolute Gasteiger partial charge is 0.411 e. The summed E-state index contributed by atoms with van der Waals surface area (Å²) in [7, 11) is 1.33. The molecule has 0 aliphatic carbocycles. The number of ether oxygens (including phenoxy) is 1. The van der Waals surface area contributed by atoms with Gasteiger partial charge in [-0.15, -0.1) is 0 Å². The van der Waals surface area contributed by atoms with Gasteiger partial charge in [0, 0.05) is 10.2 Å². The first-order chi connectivity index (χ1) is 7.17. The fourth-order valence-electron chi connectivity index (χ4n) is 0.977. The van der Waals surface area contributed by atoms with E-state index in [0.29, 0.717) is 5.69 Å². The Hall–Kier alpha value is -0.810. The predicted molar refractivity (Wildman–Crippen MR) is 68.1 cm³/mol. The first kappa shape index (κ1) is 12.3. The largest absolute Gasteiger partial charge is 0.453 e. The monoisotopic (exact) mass is 333 g/mol. The third-order valence-corrected chi connectivity index (χ3v) is 2.63. The maximum atomic E-state index is 10.9. The zero-order valence-corrected chi connectivity index (χ0v) is 11.1. The third kappa shape index (κ3) is 3.68. The molecule has 0 unspecified atom stereocenters. The van der Waals surface area contributed by atoms with Gasteiger partial charge in [0.25, 0.3) is 0 Å². The van der Waals surface area contributed by atoms with Crippen molar-refractivity contribution in [3.8, 4) is 0 Å². The van der Waals surface area contributed by atoms with Crippen LogP contribution in [-0.4, -0.2) is 13.2 Å². The Balaban J connectivity index is 2.86. The van der Waals surface area contributed by atoms with Crippen LogP contribution in [0.25, 0.3) is 6.08 Å². The molecule has 5 heteroatoms. The fourth-order valence-corrected chi connectivity index (χ4v) is 1.77. The average molecular weight is 335 g/mol. The summed E-state index contributed by atoms with van der Waals surface area (Å²) in [6.45, 7) is 0. The molecule has 0 aliphatic rings. The Labute approximate surface area is 105 Å². The molecule has 0 aromatic heterocycles. The van der Waals surface area contributed by atoms with Crippen LogP contribution in [0.4, 0.5) is 10.5 Å². The third-order valence-electron chi connectivity index (χ3n) is 1.67. The van der Waals surface area contributed by atoms with Crippen LogP contribution in [0.5, 0.6) is 0 Å². The minimum absolute atomic E-state index is 0.481. The summed E-state index contributed by atoms with van der Waals surface area (Å²) >= 11 is 6.59. The topological polar surface area (TPSA) is 38.3 Å². The van der Waals surface area contributed by atoms with E-state index in [2.05, 4.69) is 41.9 Å². The molecule has 0 heterocycles. The van der Waals surface area contributed by atoms with E-state index in [1.165, 1.54) is 7.11 Å². The number of halogens is 2. The number of carbonyl (C=O) groups is 1. The van der Waals surface area contributed by atoms with Crippen LogP contribution in [0.2, 0.25) is 0 Å². The Bertz CT molecular complexity index is 391. The minimum Gasteiger partial charge on any atom is -0.453 e. The first-order valence-corrected chi connectivity index (χ1v) is 5.79. The number of amides is 1. The van der Waals surface area contributed by atoms with Gasteiger partial charge in [0.2, 0.25) is 0 Å². The second-order valence-electron chi connectivity index (χ2n) is 2.65. The predicted octanol–water partition coefficient (Wildman–Crippen LogP) is 3.99. The van der Waals surface area contributed by atoms with E-state index < -0.39 is 6.09 Å². The van der Waals surface area contributed by atoms with Gasteiger partial charge in [0.05, 0.1) is 7.11 Å². The van der Waals surface area contributed by atoms with E-state index in [1.54, 1.807) is 17.1 Å². The van der Waals surface area contributed by atoms with Gasteiger partial charge in [-0.1, -0.05) is 37.9 Å². The van der Waals surface area contributed by atoms with Crippen molar-refractivity contribution in [1.82, 2.24) is 0 Å². The van der Waals surface area contributed by atoms with Crippen molar-refractivity contribution in [3.05, 3.63) is 33.2 Å².